The van der Waals surface area contributed by atoms with Gasteiger partial charge in [0.2, 0.25) is 0 Å². The first-order valence-electron chi connectivity index (χ1n) is 5.39. The largest absolute Gasteiger partial charge is 0.396 e. The van der Waals surface area contributed by atoms with E-state index in [-0.39, 0.29) is 11.4 Å². The summed E-state index contributed by atoms with van der Waals surface area (Å²) in [4.78, 5) is 12.0. The van der Waals surface area contributed by atoms with Crippen LogP contribution in [-0.4, -0.2) is 5.91 Å². The molecule has 0 fully saturated rings. The lowest BCUT2D eigenvalue weighted by atomic mass is 10.2. The second kappa shape index (κ2) is 5.88. The fourth-order valence-corrected chi connectivity index (χ4v) is 2.83. The van der Waals surface area contributed by atoms with E-state index in [0.29, 0.717) is 20.6 Å². The Morgan fingerprint density at radius 3 is 2.20 bits per heavy atom. The van der Waals surface area contributed by atoms with Crippen LogP contribution in [0.25, 0.3) is 0 Å². The molecule has 20 heavy (non-hydrogen) atoms. The summed E-state index contributed by atoms with van der Waals surface area (Å²) >= 11 is 6.50. The predicted molar refractivity (Wildman–Crippen MR) is 80.6 cm³/mol. The van der Waals surface area contributed by atoms with Gasteiger partial charge in [-0.25, -0.2) is 8.78 Å². The molecule has 3 nitrogen and oxygen atoms in total. The second-order valence-corrected chi connectivity index (χ2v) is 5.80. The van der Waals surface area contributed by atoms with E-state index in [9.17, 15) is 13.6 Å². The molecule has 0 heterocycles. The van der Waals surface area contributed by atoms with Crippen molar-refractivity contribution in [2.75, 3.05) is 11.1 Å². The molecule has 2 rings (SSSR count). The number of rotatable bonds is 2. The lowest BCUT2D eigenvalue weighted by Gasteiger charge is -2.08. The molecule has 0 aliphatic heterocycles. The average molecular weight is 406 g/mol. The van der Waals surface area contributed by atoms with Gasteiger partial charge in [0.05, 0.1) is 11.4 Å². The molecule has 0 spiro atoms. The van der Waals surface area contributed by atoms with Crippen LogP contribution in [0.3, 0.4) is 0 Å². The Balaban J connectivity index is 2.30. The van der Waals surface area contributed by atoms with Crippen molar-refractivity contribution in [3.05, 3.63) is 56.5 Å². The average Bonchev–Trinajstić information content (AvgIpc) is 2.34. The highest BCUT2D eigenvalue weighted by molar-refractivity contribution is 9.11. The van der Waals surface area contributed by atoms with Crippen molar-refractivity contribution in [2.24, 2.45) is 0 Å². The summed E-state index contributed by atoms with van der Waals surface area (Å²) in [7, 11) is 0. The van der Waals surface area contributed by atoms with Crippen LogP contribution >= 0.6 is 31.9 Å². The van der Waals surface area contributed by atoms with Crippen molar-refractivity contribution in [1.29, 1.82) is 0 Å². The molecule has 0 radical (unpaired) electrons. The van der Waals surface area contributed by atoms with Gasteiger partial charge >= 0.3 is 0 Å². The molecule has 0 unspecified atom stereocenters. The maximum atomic E-state index is 13.5. The zero-order chi connectivity index (χ0) is 14.9. The minimum atomic E-state index is -0.890. The van der Waals surface area contributed by atoms with Gasteiger partial charge in [-0.3, -0.25) is 4.79 Å². The Bertz CT molecular complexity index is 672. The maximum Gasteiger partial charge on any atom is 0.255 e. The first-order chi connectivity index (χ1) is 9.36. The summed E-state index contributed by atoms with van der Waals surface area (Å²) in [6, 6.07) is 6.57. The minimum absolute atomic E-state index is 0.176. The summed E-state index contributed by atoms with van der Waals surface area (Å²) in [5.41, 5.74) is 5.24. The van der Waals surface area contributed by atoms with Crippen molar-refractivity contribution in [3.63, 3.8) is 0 Å². The van der Waals surface area contributed by atoms with Crippen LogP contribution in [0.15, 0.2) is 39.3 Å². The van der Waals surface area contributed by atoms with Gasteiger partial charge in [0.1, 0.15) is 11.6 Å². The number of nitrogens with two attached hydrogens (primary N) is 1. The van der Waals surface area contributed by atoms with E-state index in [4.69, 9.17) is 5.73 Å². The van der Waals surface area contributed by atoms with E-state index in [1.165, 1.54) is 0 Å². The van der Waals surface area contributed by atoms with Crippen LogP contribution in [0.2, 0.25) is 0 Å². The van der Waals surface area contributed by atoms with Crippen molar-refractivity contribution >= 4 is 49.1 Å². The van der Waals surface area contributed by atoms with Crippen molar-refractivity contribution < 1.29 is 13.6 Å². The van der Waals surface area contributed by atoms with Crippen molar-refractivity contribution in [2.45, 2.75) is 0 Å². The summed E-state index contributed by atoms with van der Waals surface area (Å²) in [5.74, 6) is -2.29. The number of halogens is 4. The fraction of sp³-hybridized carbons (Fsp3) is 0. The Kier molecular flexibility index (Phi) is 4.39. The lowest BCUT2D eigenvalue weighted by Crippen LogP contribution is -2.13. The van der Waals surface area contributed by atoms with Crippen LogP contribution in [0.5, 0.6) is 0 Å². The van der Waals surface area contributed by atoms with Crippen LogP contribution in [0, 0.1) is 11.6 Å². The zero-order valence-electron chi connectivity index (χ0n) is 9.88. The number of carbonyl (C=O) groups excluding carboxylic acids is 1. The number of hydrogen-bond donors (Lipinski definition) is 2. The monoisotopic (exact) mass is 404 g/mol. The lowest BCUT2D eigenvalue weighted by molar-refractivity contribution is 0.102. The third-order valence-electron chi connectivity index (χ3n) is 2.46. The Morgan fingerprint density at radius 2 is 1.60 bits per heavy atom. The fourth-order valence-electron chi connectivity index (χ4n) is 1.54. The first kappa shape index (κ1) is 14.9. The molecule has 2 aromatic rings. The molecule has 104 valence electrons. The molecule has 7 heteroatoms. The standard InChI is InChI=1S/C13H8Br2F2N2O/c14-7-1-6(2-8(15)3-7)13(20)19-12-5-11(18)9(16)4-10(12)17/h1-5H,18H2,(H,19,20). The van der Waals surface area contributed by atoms with Gasteiger partial charge in [-0.05, 0) is 24.3 Å². The Morgan fingerprint density at radius 1 is 1.00 bits per heavy atom. The molecule has 1 amide bonds. The van der Waals surface area contributed by atoms with Crippen LogP contribution in [-0.2, 0) is 0 Å². The molecular weight excluding hydrogens is 398 g/mol. The quantitative estimate of drug-likeness (QED) is 0.731. The van der Waals surface area contributed by atoms with Gasteiger partial charge in [0.15, 0.2) is 0 Å². The van der Waals surface area contributed by atoms with Crippen LogP contribution in [0.4, 0.5) is 20.2 Å². The molecule has 2 aromatic carbocycles. The summed E-state index contributed by atoms with van der Waals surface area (Å²) in [5, 5.41) is 2.35. The maximum absolute atomic E-state index is 13.5. The Labute approximate surface area is 130 Å². The van der Waals surface area contributed by atoms with Gasteiger partial charge in [-0.15, -0.1) is 0 Å². The number of carbonyl (C=O) groups is 1. The minimum Gasteiger partial charge on any atom is -0.396 e. The highest BCUT2D eigenvalue weighted by Crippen LogP contribution is 2.24. The second-order valence-electron chi connectivity index (χ2n) is 3.97. The zero-order valence-corrected chi connectivity index (χ0v) is 13.1. The van der Waals surface area contributed by atoms with Crippen LogP contribution in [0.1, 0.15) is 10.4 Å². The first-order valence-corrected chi connectivity index (χ1v) is 6.97. The highest BCUT2D eigenvalue weighted by atomic mass is 79.9. The number of nitrogens with one attached hydrogen (secondary N) is 1. The number of nitrogen functional groups attached to an aromatic ring is 1. The molecule has 3 N–H and O–H groups in total. The van der Waals surface area contributed by atoms with Gasteiger partial charge in [0, 0.05) is 20.6 Å². The van der Waals surface area contributed by atoms with E-state index in [0.717, 1.165) is 6.07 Å². The van der Waals surface area contributed by atoms with E-state index < -0.39 is 17.5 Å². The molecule has 0 saturated heterocycles. The SMILES string of the molecule is Nc1cc(NC(=O)c2cc(Br)cc(Br)c2)c(F)cc1F. The molecule has 0 bridgehead atoms. The normalized spacial score (nSPS) is 10.4. The molecule has 0 aliphatic rings. The van der Waals surface area contributed by atoms with Crippen LogP contribution < -0.4 is 11.1 Å². The van der Waals surface area contributed by atoms with E-state index in [1.807, 2.05) is 0 Å². The number of anilines is 2. The van der Waals surface area contributed by atoms with Crippen molar-refractivity contribution in [3.8, 4) is 0 Å². The summed E-state index contributed by atoms with van der Waals surface area (Å²) in [6.07, 6.45) is 0. The van der Waals surface area contributed by atoms with Gasteiger partial charge in [-0.2, -0.15) is 0 Å². The number of benzene rings is 2. The van der Waals surface area contributed by atoms with E-state index >= 15 is 0 Å². The number of hydrogen-bond acceptors (Lipinski definition) is 2. The Hall–Kier alpha value is -1.47. The molecule has 0 saturated carbocycles. The van der Waals surface area contributed by atoms with Gasteiger partial charge in [-0.1, -0.05) is 31.9 Å². The topological polar surface area (TPSA) is 55.1 Å². The third kappa shape index (κ3) is 3.34. The molecule has 0 aliphatic carbocycles. The predicted octanol–water partition coefficient (Wildman–Crippen LogP) is 4.32. The number of amides is 1. The highest BCUT2D eigenvalue weighted by Gasteiger charge is 2.13. The van der Waals surface area contributed by atoms with Gasteiger partial charge < -0.3 is 11.1 Å². The van der Waals surface area contributed by atoms with E-state index in [2.05, 4.69) is 37.2 Å². The molecular formula is C13H8Br2F2N2O. The molecule has 0 atom stereocenters. The summed E-state index contributed by atoms with van der Waals surface area (Å²) < 4.78 is 28.0. The summed E-state index contributed by atoms with van der Waals surface area (Å²) in [6.45, 7) is 0. The smallest absolute Gasteiger partial charge is 0.255 e. The van der Waals surface area contributed by atoms with E-state index in [1.54, 1.807) is 18.2 Å². The van der Waals surface area contributed by atoms with Gasteiger partial charge in [0.25, 0.3) is 5.91 Å². The van der Waals surface area contributed by atoms with Crippen molar-refractivity contribution in [1.82, 2.24) is 0 Å². The molecule has 0 aromatic heterocycles. The third-order valence-corrected chi connectivity index (χ3v) is 3.37.